The van der Waals surface area contributed by atoms with E-state index in [2.05, 4.69) is 69.2 Å². The fourth-order valence-corrected chi connectivity index (χ4v) is 5.96. The Hall–Kier alpha value is -2.40. The second-order valence-electron chi connectivity index (χ2n) is 7.14. The minimum atomic E-state index is -1.09. The van der Waals surface area contributed by atoms with E-state index in [1.165, 1.54) is 4.90 Å². The second kappa shape index (κ2) is 11.7. The largest absolute Gasteiger partial charge is 0.490 e. The highest BCUT2D eigenvalue weighted by Crippen LogP contribution is 2.55. The molecule has 0 amide bonds. The summed E-state index contributed by atoms with van der Waals surface area (Å²) in [5, 5.41) is 3.84. The number of nitrogens with zero attached hydrogens (tertiary/aromatic N) is 1. The van der Waals surface area contributed by atoms with Crippen LogP contribution in [0.5, 0.6) is 11.5 Å². The highest BCUT2D eigenvalue weighted by Gasteiger charge is 2.24. The normalized spacial score (nSPS) is 12.5. The van der Waals surface area contributed by atoms with Crippen LogP contribution in [0.1, 0.15) is 37.5 Å². The molecule has 0 atom stereocenters. The molecular weight excluding hydrogens is 394 g/mol. The monoisotopic (exact) mass is 429 g/mol. The first-order valence-corrected chi connectivity index (χ1v) is 12.5. The van der Waals surface area contributed by atoms with Crippen LogP contribution < -0.4 is 9.47 Å². The van der Waals surface area contributed by atoms with Gasteiger partial charge < -0.3 is 14.3 Å². The summed E-state index contributed by atoms with van der Waals surface area (Å²) in [6.07, 6.45) is 5.72. The van der Waals surface area contributed by atoms with Gasteiger partial charge in [0.1, 0.15) is 31.2 Å². The van der Waals surface area contributed by atoms with Crippen molar-refractivity contribution in [1.82, 2.24) is 0 Å². The smallest absolute Gasteiger partial charge is 0.126 e. The van der Waals surface area contributed by atoms with Crippen molar-refractivity contribution in [3.05, 3.63) is 65.2 Å². The molecule has 0 aliphatic rings. The number of hydrogen-bond acceptors (Lipinski definition) is 4. The molecule has 0 spiro atoms. The molecule has 0 aromatic heterocycles. The topological polar surface area (TPSA) is 40.0 Å². The number of oxime groups is 1. The lowest BCUT2D eigenvalue weighted by Gasteiger charge is -2.38. The Morgan fingerprint density at radius 2 is 1.60 bits per heavy atom. The summed E-state index contributed by atoms with van der Waals surface area (Å²) in [5.41, 5.74) is 3.25. The summed E-state index contributed by atoms with van der Waals surface area (Å²) in [5.74, 6) is 4.73. The second-order valence-corrected chi connectivity index (χ2v) is 11.1. The molecule has 0 heterocycles. The van der Waals surface area contributed by atoms with E-state index in [-0.39, 0.29) is 0 Å². The van der Waals surface area contributed by atoms with Gasteiger partial charge in [-0.1, -0.05) is 43.3 Å². The van der Waals surface area contributed by atoms with E-state index in [0.29, 0.717) is 12.5 Å². The molecular formula is C25H35NO3S. The van der Waals surface area contributed by atoms with Crippen molar-refractivity contribution in [2.45, 2.75) is 39.5 Å². The predicted octanol–water partition coefficient (Wildman–Crippen LogP) is 6.48. The molecule has 0 saturated carbocycles. The summed E-state index contributed by atoms with van der Waals surface area (Å²) >= 11 is 0. The summed E-state index contributed by atoms with van der Waals surface area (Å²) in [7, 11) is 0.466. The molecule has 0 bridgehead atoms. The molecule has 5 heteroatoms. The van der Waals surface area contributed by atoms with Gasteiger partial charge in [0.15, 0.2) is 0 Å². The molecule has 0 saturated heterocycles. The minimum absolute atomic E-state index is 0.583. The molecule has 0 aliphatic carbocycles. The molecule has 0 aliphatic heterocycles. The summed E-state index contributed by atoms with van der Waals surface area (Å²) in [6, 6.07) is 12.7. The Morgan fingerprint density at radius 3 is 2.13 bits per heavy atom. The van der Waals surface area contributed by atoms with Crippen LogP contribution in [0.3, 0.4) is 0 Å². The van der Waals surface area contributed by atoms with Gasteiger partial charge in [-0.15, -0.1) is 0 Å². The first-order chi connectivity index (χ1) is 14.5. The Balaban J connectivity index is 2.20. The maximum Gasteiger partial charge on any atom is 0.126 e. The maximum absolute atomic E-state index is 6.47. The van der Waals surface area contributed by atoms with Crippen molar-refractivity contribution in [1.29, 1.82) is 0 Å². The minimum Gasteiger partial charge on any atom is -0.490 e. The molecule has 0 radical (unpaired) electrons. The first-order valence-electron chi connectivity index (χ1n) is 10.4. The van der Waals surface area contributed by atoms with Crippen molar-refractivity contribution in [3.63, 3.8) is 0 Å². The molecule has 2 aromatic rings. The fourth-order valence-electron chi connectivity index (χ4n) is 3.36. The third-order valence-electron chi connectivity index (χ3n) is 5.24. The predicted molar refractivity (Wildman–Crippen MR) is 130 cm³/mol. The Bertz CT molecular complexity index is 832. The Kier molecular flexibility index (Phi) is 9.31. The van der Waals surface area contributed by atoms with Gasteiger partial charge in [0.2, 0.25) is 0 Å². The quantitative estimate of drug-likeness (QED) is 0.233. The number of rotatable bonds is 11. The summed E-state index contributed by atoms with van der Waals surface area (Å²) < 4.78 is 12.3. The van der Waals surface area contributed by atoms with Crippen LogP contribution in [0.2, 0.25) is 0 Å². The van der Waals surface area contributed by atoms with Gasteiger partial charge in [0, 0.05) is 0 Å². The van der Waals surface area contributed by atoms with E-state index in [4.69, 9.17) is 14.3 Å². The molecule has 0 N–H and O–H groups in total. The van der Waals surface area contributed by atoms with Gasteiger partial charge in [-0.05, 0) is 78.1 Å². The van der Waals surface area contributed by atoms with E-state index in [1.54, 1.807) is 13.3 Å². The van der Waals surface area contributed by atoms with Crippen LogP contribution in [0.4, 0.5) is 0 Å². The van der Waals surface area contributed by atoms with Gasteiger partial charge in [0.05, 0.1) is 6.21 Å². The number of allylic oxidation sites excluding steroid dienone is 1. The lowest BCUT2D eigenvalue weighted by molar-refractivity contribution is 0.215. The van der Waals surface area contributed by atoms with Crippen LogP contribution in [0.15, 0.2) is 58.6 Å². The first kappa shape index (κ1) is 23.9. The summed E-state index contributed by atoms with van der Waals surface area (Å²) in [6.45, 7) is 11.3. The lowest BCUT2D eigenvalue weighted by Crippen LogP contribution is -2.16. The molecule has 0 fully saturated rings. The zero-order chi connectivity index (χ0) is 22.0. The SMILES string of the molecule is C/C=C/COc1cc(C)c(OCS(CC)(CC)c2ccc(C=NOC)cc2)c(C)c1. The average molecular weight is 430 g/mol. The van der Waals surface area contributed by atoms with Crippen LogP contribution >= 0.6 is 10.0 Å². The van der Waals surface area contributed by atoms with Crippen LogP contribution in [-0.2, 0) is 4.84 Å². The number of benzene rings is 2. The van der Waals surface area contributed by atoms with Gasteiger partial charge in [-0.3, -0.25) is 0 Å². The van der Waals surface area contributed by atoms with Crippen molar-refractivity contribution in [3.8, 4) is 11.5 Å². The highest BCUT2D eigenvalue weighted by molar-refractivity contribution is 8.33. The summed E-state index contributed by atoms with van der Waals surface area (Å²) in [4.78, 5) is 6.14. The van der Waals surface area contributed by atoms with E-state index in [0.717, 1.165) is 39.7 Å². The Labute approximate surface area is 183 Å². The molecule has 2 rings (SSSR count). The van der Waals surface area contributed by atoms with E-state index in [1.807, 2.05) is 19.1 Å². The van der Waals surface area contributed by atoms with E-state index >= 15 is 0 Å². The number of aryl methyl sites for hydroxylation is 2. The number of hydrogen-bond donors (Lipinski definition) is 0. The van der Waals surface area contributed by atoms with Crippen molar-refractivity contribution >= 4 is 16.2 Å². The van der Waals surface area contributed by atoms with Gasteiger partial charge in [-0.25, -0.2) is 0 Å². The van der Waals surface area contributed by atoms with E-state index < -0.39 is 10.0 Å². The molecule has 164 valence electrons. The molecule has 30 heavy (non-hydrogen) atoms. The standard InChI is InChI=1S/C25H35NO3S/c1-7-10-15-28-23-16-20(4)25(21(5)17-23)29-19-30(8-2,9-3)24-13-11-22(12-14-24)18-26-27-6/h7,10-14,16-18H,8-9,15,19H2,1-6H3/b10-7+,26-18?. The molecule has 4 nitrogen and oxygen atoms in total. The Morgan fingerprint density at radius 1 is 0.967 bits per heavy atom. The molecule has 0 unspecified atom stereocenters. The molecule has 2 aromatic carbocycles. The maximum atomic E-state index is 6.47. The third kappa shape index (κ3) is 6.05. The van der Waals surface area contributed by atoms with Gasteiger partial charge in [0.25, 0.3) is 0 Å². The average Bonchev–Trinajstić information content (AvgIpc) is 2.75. The van der Waals surface area contributed by atoms with Crippen molar-refractivity contribution < 1.29 is 14.3 Å². The van der Waals surface area contributed by atoms with Crippen LogP contribution in [-0.4, -0.2) is 37.4 Å². The number of ether oxygens (including phenoxy) is 2. The fraction of sp³-hybridized carbons (Fsp3) is 0.400. The highest BCUT2D eigenvalue weighted by atomic mass is 32.3. The lowest BCUT2D eigenvalue weighted by atomic mass is 10.1. The van der Waals surface area contributed by atoms with Crippen LogP contribution in [0.25, 0.3) is 0 Å². The van der Waals surface area contributed by atoms with Gasteiger partial charge in [-0.2, -0.15) is 10.0 Å². The zero-order valence-electron chi connectivity index (χ0n) is 19.1. The van der Waals surface area contributed by atoms with Gasteiger partial charge >= 0.3 is 0 Å². The van der Waals surface area contributed by atoms with Crippen molar-refractivity contribution in [2.75, 3.05) is 31.2 Å². The van der Waals surface area contributed by atoms with E-state index in [9.17, 15) is 0 Å². The zero-order valence-corrected chi connectivity index (χ0v) is 19.9. The van der Waals surface area contributed by atoms with Crippen molar-refractivity contribution in [2.24, 2.45) is 5.16 Å². The van der Waals surface area contributed by atoms with Crippen LogP contribution in [0, 0.1) is 13.8 Å². The third-order valence-corrected chi connectivity index (χ3v) is 9.29.